The van der Waals surface area contributed by atoms with Crippen molar-refractivity contribution in [2.75, 3.05) is 11.9 Å². The summed E-state index contributed by atoms with van der Waals surface area (Å²) in [4.78, 5) is 21.6. The third kappa shape index (κ3) is 6.21. The summed E-state index contributed by atoms with van der Waals surface area (Å²) in [7, 11) is 0. The van der Waals surface area contributed by atoms with Crippen LogP contribution < -0.4 is 5.32 Å². The van der Waals surface area contributed by atoms with Gasteiger partial charge in [-0.3, -0.25) is 4.79 Å². The lowest BCUT2D eigenvalue weighted by atomic mass is 10.4. The van der Waals surface area contributed by atoms with Gasteiger partial charge in [0.05, 0.1) is 42.0 Å². The molecule has 25 heavy (non-hydrogen) atoms. The van der Waals surface area contributed by atoms with Gasteiger partial charge in [0.1, 0.15) is 13.3 Å². The van der Waals surface area contributed by atoms with Gasteiger partial charge in [0.15, 0.2) is 0 Å². The maximum Gasteiger partial charge on any atom is 0.411 e. The molecule has 2 rings (SSSR count). The quantitative estimate of drug-likeness (QED) is 0.562. The fourth-order valence-electron chi connectivity index (χ4n) is 1.77. The van der Waals surface area contributed by atoms with Gasteiger partial charge in [0.2, 0.25) is 5.91 Å². The second-order valence-electron chi connectivity index (χ2n) is 4.85. The van der Waals surface area contributed by atoms with E-state index in [2.05, 4.69) is 20.3 Å². The molecule has 0 bridgehead atoms. The van der Waals surface area contributed by atoms with E-state index in [9.17, 15) is 28.1 Å². The number of alkyl halides is 3. The fourth-order valence-corrected chi connectivity index (χ4v) is 1.77. The first-order chi connectivity index (χ1) is 11.7. The lowest BCUT2D eigenvalue weighted by Gasteiger charge is -2.07. The maximum absolute atomic E-state index is 11.9. The van der Waals surface area contributed by atoms with E-state index < -0.39 is 30.3 Å². The number of nitrogens with one attached hydrogen (secondary N) is 1. The van der Waals surface area contributed by atoms with Crippen LogP contribution in [0.5, 0.6) is 0 Å². The van der Waals surface area contributed by atoms with E-state index in [1.165, 1.54) is 29.3 Å². The highest BCUT2D eigenvalue weighted by Crippen LogP contribution is 2.15. The van der Waals surface area contributed by atoms with Gasteiger partial charge < -0.3 is 20.2 Å². The summed E-state index contributed by atoms with van der Waals surface area (Å²) in [6.45, 7) is -1.68. The SMILES string of the molecule is O=C(CCn1ccc([N+](=O)[O-])n1)Nc1cnn(COCC(F)(F)F)c1. The highest BCUT2D eigenvalue weighted by molar-refractivity contribution is 5.90. The van der Waals surface area contributed by atoms with Gasteiger partial charge in [-0.25, -0.2) is 4.68 Å². The summed E-state index contributed by atoms with van der Waals surface area (Å²) >= 11 is 0. The molecule has 0 radical (unpaired) electrons. The number of anilines is 1. The van der Waals surface area contributed by atoms with E-state index in [1.54, 1.807) is 0 Å². The molecule has 0 unspecified atom stereocenters. The summed E-state index contributed by atoms with van der Waals surface area (Å²) in [6, 6.07) is 1.21. The Morgan fingerprint density at radius 1 is 1.40 bits per heavy atom. The van der Waals surface area contributed by atoms with Crippen molar-refractivity contribution < 1.29 is 27.6 Å². The molecule has 1 amide bonds. The normalized spacial score (nSPS) is 11.5. The van der Waals surface area contributed by atoms with Gasteiger partial charge in [-0.15, -0.1) is 0 Å². The minimum absolute atomic E-state index is 0.00537. The van der Waals surface area contributed by atoms with E-state index in [1.807, 2.05) is 0 Å². The molecule has 0 aromatic carbocycles. The molecule has 0 aliphatic rings. The molecule has 0 aliphatic heterocycles. The Morgan fingerprint density at radius 3 is 2.80 bits per heavy atom. The van der Waals surface area contributed by atoms with Crippen LogP contribution in [0.1, 0.15) is 6.42 Å². The minimum Gasteiger partial charge on any atom is -0.358 e. The van der Waals surface area contributed by atoms with Gasteiger partial charge in [-0.1, -0.05) is 0 Å². The molecule has 0 saturated heterocycles. The predicted molar refractivity (Wildman–Crippen MR) is 76.4 cm³/mol. The first-order valence-corrected chi connectivity index (χ1v) is 6.87. The van der Waals surface area contributed by atoms with Crippen molar-refractivity contribution >= 4 is 17.4 Å². The molecule has 2 aromatic rings. The Hall–Kier alpha value is -2.96. The second-order valence-corrected chi connectivity index (χ2v) is 4.85. The van der Waals surface area contributed by atoms with Gasteiger partial charge in [-0.05, 0) is 4.92 Å². The number of hydrogen-bond acceptors (Lipinski definition) is 6. The maximum atomic E-state index is 11.9. The lowest BCUT2D eigenvalue weighted by Crippen LogP contribution is -2.18. The Bertz CT molecular complexity index is 741. The summed E-state index contributed by atoms with van der Waals surface area (Å²) in [6.07, 6.45) is -0.484. The molecule has 136 valence electrons. The number of carbonyl (C=O) groups is 1. The fraction of sp³-hybridized carbons (Fsp3) is 0.417. The van der Waals surface area contributed by atoms with Gasteiger partial charge in [-0.2, -0.15) is 23.0 Å². The number of carbonyl (C=O) groups excluding carboxylic acids is 1. The monoisotopic (exact) mass is 362 g/mol. The Morgan fingerprint density at radius 2 is 2.16 bits per heavy atom. The van der Waals surface area contributed by atoms with Crippen molar-refractivity contribution in [2.24, 2.45) is 0 Å². The van der Waals surface area contributed by atoms with Crippen molar-refractivity contribution in [2.45, 2.75) is 25.9 Å². The number of nitro groups is 1. The lowest BCUT2D eigenvalue weighted by molar-refractivity contribution is -0.389. The standard InChI is InChI=1S/C12H13F3N6O4/c13-12(14,15)7-25-8-20-6-9(5-16-20)17-11(22)2-4-19-3-1-10(18-19)21(23)24/h1,3,5-6H,2,4,7-8H2,(H,17,22). The molecule has 0 spiro atoms. The van der Waals surface area contributed by atoms with E-state index in [0.29, 0.717) is 0 Å². The Labute approximate surface area is 138 Å². The first-order valence-electron chi connectivity index (χ1n) is 6.87. The summed E-state index contributed by atoms with van der Waals surface area (Å²) in [5.41, 5.74) is 0.284. The van der Waals surface area contributed by atoms with Crippen LogP contribution >= 0.6 is 0 Å². The Kier molecular flexibility index (Phi) is 5.69. The van der Waals surface area contributed by atoms with E-state index in [4.69, 9.17) is 0 Å². The Balaban J connectivity index is 1.75. The molecule has 0 fully saturated rings. The minimum atomic E-state index is -4.42. The molecular formula is C12H13F3N6O4. The van der Waals surface area contributed by atoms with Crippen LogP contribution in [0.25, 0.3) is 0 Å². The third-order valence-corrected chi connectivity index (χ3v) is 2.79. The molecule has 2 aromatic heterocycles. The highest BCUT2D eigenvalue weighted by atomic mass is 19.4. The van der Waals surface area contributed by atoms with E-state index in [-0.39, 0.29) is 24.5 Å². The predicted octanol–water partition coefficient (Wildman–Crippen LogP) is 1.55. The molecular weight excluding hydrogens is 349 g/mol. The van der Waals surface area contributed by atoms with Crippen molar-refractivity contribution in [3.8, 4) is 0 Å². The topological polar surface area (TPSA) is 117 Å². The van der Waals surface area contributed by atoms with Crippen LogP contribution in [0.4, 0.5) is 24.7 Å². The number of aryl methyl sites for hydroxylation is 1. The average molecular weight is 362 g/mol. The van der Waals surface area contributed by atoms with Crippen LogP contribution in [0, 0.1) is 10.1 Å². The number of rotatable bonds is 8. The van der Waals surface area contributed by atoms with E-state index in [0.717, 1.165) is 4.68 Å². The molecule has 0 aliphatic carbocycles. The first kappa shape index (κ1) is 18.4. The number of ether oxygens (including phenoxy) is 1. The summed E-state index contributed by atoms with van der Waals surface area (Å²) in [5.74, 6) is -0.727. The van der Waals surface area contributed by atoms with Crippen molar-refractivity contribution in [3.05, 3.63) is 34.8 Å². The molecule has 10 nitrogen and oxygen atoms in total. The van der Waals surface area contributed by atoms with Crippen molar-refractivity contribution in [3.63, 3.8) is 0 Å². The van der Waals surface area contributed by atoms with Crippen LogP contribution in [0.15, 0.2) is 24.7 Å². The number of halogens is 3. The second kappa shape index (κ2) is 7.74. The summed E-state index contributed by atoms with van der Waals surface area (Å²) < 4.78 is 42.6. The molecule has 0 atom stereocenters. The van der Waals surface area contributed by atoms with Crippen LogP contribution in [-0.2, 0) is 22.8 Å². The summed E-state index contributed by atoms with van der Waals surface area (Å²) in [5, 5.41) is 20.4. The zero-order valence-electron chi connectivity index (χ0n) is 12.6. The van der Waals surface area contributed by atoms with E-state index >= 15 is 0 Å². The molecule has 2 heterocycles. The van der Waals surface area contributed by atoms with Gasteiger partial charge in [0.25, 0.3) is 0 Å². The van der Waals surface area contributed by atoms with Crippen LogP contribution in [0.2, 0.25) is 0 Å². The smallest absolute Gasteiger partial charge is 0.358 e. The number of aromatic nitrogens is 4. The van der Waals surface area contributed by atoms with Crippen LogP contribution in [0.3, 0.4) is 0 Å². The number of hydrogen-bond donors (Lipinski definition) is 1. The molecule has 1 N–H and O–H groups in total. The molecule has 0 saturated carbocycles. The van der Waals surface area contributed by atoms with Crippen molar-refractivity contribution in [1.29, 1.82) is 0 Å². The van der Waals surface area contributed by atoms with Gasteiger partial charge in [0, 0.05) is 6.42 Å². The molecule has 13 heteroatoms. The third-order valence-electron chi connectivity index (χ3n) is 2.79. The van der Waals surface area contributed by atoms with Crippen molar-refractivity contribution in [1.82, 2.24) is 19.6 Å². The average Bonchev–Trinajstić information content (AvgIpc) is 3.13. The van der Waals surface area contributed by atoms with Crippen LogP contribution in [-0.4, -0.2) is 43.2 Å². The zero-order chi connectivity index (χ0) is 18.4. The zero-order valence-corrected chi connectivity index (χ0v) is 12.6. The largest absolute Gasteiger partial charge is 0.411 e. The van der Waals surface area contributed by atoms with Gasteiger partial charge >= 0.3 is 12.0 Å². The number of nitrogens with zero attached hydrogens (tertiary/aromatic N) is 5. The number of amides is 1. The highest BCUT2D eigenvalue weighted by Gasteiger charge is 2.27.